The Labute approximate surface area is 80.5 Å². The van der Waals surface area contributed by atoms with Crippen molar-refractivity contribution < 1.29 is 9.84 Å². The highest BCUT2D eigenvalue weighted by molar-refractivity contribution is 4.88. The van der Waals surface area contributed by atoms with Gasteiger partial charge in [0.1, 0.15) is 0 Å². The first kappa shape index (κ1) is 12.4. The van der Waals surface area contributed by atoms with Crippen LogP contribution in [0, 0.1) is 12.3 Å². The summed E-state index contributed by atoms with van der Waals surface area (Å²) >= 11 is 0. The van der Waals surface area contributed by atoms with Crippen LogP contribution < -0.4 is 5.32 Å². The van der Waals surface area contributed by atoms with Crippen LogP contribution in [0.4, 0.5) is 0 Å². The molecule has 3 nitrogen and oxygen atoms in total. The monoisotopic (exact) mass is 185 g/mol. The van der Waals surface area contributed by atoms with Gasteiger partial charge < -0.3 is 15.2 Å². The molecule has 0 heterocycles. The van der Waals surface area contributed by atoms with Gasteiger partial charge in [0.2, 0.25) is 0 Å². The van der Waals surface area contributed by atoms with Crippen LogP contribution in [0.1, 0.15) is 19.8 Å². The third-order valence-corrected chi connectivity index (χ3v) is 1.80. The van der Waals surface area contributed by atoms with Crippen LogP contribution in [0.15, 0.2) is 0 Å². The maximum absolute atomic E-state index is 9.75. The van der Waals surface area contributed by atoms with Gasteiger partial charge in [-0.15, -0.1) is 12.3 Å². The summed E-state index contributed by atoms with van der Waals surface area (Å²) in [5.41, 5.74) is -0.708. The molecule has 0 fully saturated rings. The van der Waals surface area contributed by atoms with Gasteiger partial charge in [-0.2, -0.15) is 0 Å². The average molecular weight is 185 g/mol. The number of aliphatic hydroxyl groups is 1. The predicted octanol–water partition coefficient (Wildman–Crippen LogP) is 0.387. The summed E-state index contributed by atoms with van der Waals surface area (Å²) < 4.78 is 4.86. The highest BCUT2D eigenvalue weighted by Crippen LogP contribution is 2.09. The van der Waals surface area contributed by atoms with Gasteiger partial charge >= 0.3 is 0 Å². The van der Waals surface area contributed by atoms with Crippen LogP contribution in [-0.4, -0.2) is 37.5 Å². The first-order valence-corrected chi connectivity index (χ1v) is 4.48. The molecule has 0 aliphatic heterocycles. The maximum Gasteiger partial charge on any atom is 0.0752 e. The van der Waals surface area contributed by atoms with E-state index in [1.807, 2.05) is 0 Å². The molecular formula is C10H19NO2. The van der Waals surface area contributed by atoms with E-state index in [1.54, 1.807) is 14.0 Å². The van der Waals surface area contributed by atoms with Crippen LogP contribution in [0.3, 0.4) is 0 Å². The minimum atomic E-state index is -0.708. The molecular weight excluding hydrogens is 166 g/mol. The summed E-state index contributed by atoms with van der Waals surface area (Å²) in [5, 5.41) is 12.8. The first-order chi connectivity index (χ1) is 6.12. The number of terminal acetylenes is 1. The van der Waals surface area contributed by atoms with Crippen LogP contribution in [0.5, 0.6) is 0 Å². The van der Waals surface area contributed by atoms with Gasteiger partial charge in [0.15, 0.2) is 0 Å². The van der Waals surface area contributed by atoms with Gasteiger partial charge in [-0.1, -0.05) is 0 Å². The van der Waals surface area contributed by atoms with E-state index in [0.717, 1.165) is 6.54 Å². The van der Waals surface area contributed by atoms with Gasteiger partial charge in [-0.05, 0) is 13.3 Å². The Kier molecular flexibility index (Phi) is 6.61. The molecule has 0 aliphatic rings. The standard InChI is InChI=1S/C10H19NO2/c1-4-5-6-10(2,12)9-11-7-8-13-3/h1,11-12H,5-9H2,2-3H3. The Morgan fingerprint density at radius 2 is 2.31 bits per heavy atom. The quantitative estimate of drug-likeness (QED) is 0.445. The van der Waals surface area contributed by atoms with Gasteiger partial charge in [0, 0.05) is 26.6 Å². The Morgan fingerprint density at radius 3 is 2.85 bits per heavy atom. The fourth-order valence-electron chi connectivity index (χ4n) is 0.962. The number of hydrogen-bond acceptors (Lipinski definition) is 3. The fraction of sp³-hybridized carbons (Fsp3) is 0.800. The molecule has 0 spiro atoms. The number of hydrogen-bond donors (Lipinski definition) is 2. The van der Waals surface area contributed by atoms with Crippen molar-refractivity contribution in [3.63, 3.8) is 0 Å². The maximum atomic E-state index is 9.75. The second-order valence-corrected chi connectivity index (χ2v) is 3.37. The molecule has 3 heteroatoms. The van der Waals surface area contributed by atoms with E-state index in [0.29, 0.717) is 26.0 Å². The smallest absolute Gasteiger partial charge is 0.0752 e. The van der Waals surface area contributed by atoms with Gasteiger partial charge in [0.05, 0.1) is 12.2 Å². The molecule has 1 unspecified atom stereocenters. The van der Waals surface area contributed by atoms with Crippen LogP contribution in [0.2, 0.25) is 0 Å². The number of methoxy groups -OCH3 is 1. The predicted molar refractivity (Wildman–Crippen MR) is 53.4 cm³/mol. The number of ether oxygens (including phenoxy) is 1. The lowest BCUT2D eigenvalue weighted by atomic mass is 10.0. The minimum absolute atomic E-state index is 0.554. The van der Waals surface area contributed by atoms with Crippen LogP contribution >= 0.6 is 0 Å². The highest BCUT2D eigenvalue weighted by atomic mass is 16.5. The zero-order valence-corrected chi connectivity index (χ0v) is 8.47. The number of nitrogens with one attached hydrogen (secondary N) is 1. The van der Waals surface area contributed by atoms with Crippen molar-refractivity contribution in [2.24, 2.45) is 0 Å². The normalized spacial score (nSPS) is 14.9. The second kappa shape index (κ2) is 6.90. The Morgan fingerprint density at radius 1 is 1.62 bits per heavy atom. The summed E-state index contributed by atoms with van der Waals surface area (Å²) in [6.07, 6.45) is 6.35. The lowest BCUT2D eigenvalue weighted by molar-refractivity contribution is 0.0506. The molecule has 0 saturated carbocycles. The molecule has 0 aromatic heterocycles. The average Bonchev–Trinajstić information content (AvgIpc) is 2.09. The zero-order chi connectivity index (χ0) is 10.2. The van der Waals surface area contributed by atoms with E-state index in [9.17, 15) is 5.11 Å². The molecule has 0 aromatic carbocycles. The van der Waals surface area contributed by atoms with Gasteiger partial charge in [-0.3, -0.25) is 0 Å². The molecule has 0 amide bonds. The van der Waals surface area contributed by atoms with E-state index in [2.05, 4.69) is 11.2 Å². The van der Waals surface area contributed by atoms with Crippen molar-refractivity contribution in [2.45, 2.75) is 25.4 Å². The van der Waals surface area contributed by atoms with Crippen molar-refractivity contribution in [1.29, 1.82) is 0 Å². The molecule has 0 aromatic rings. The third-order valence-electron chi connectivity index (χ3n) is 1.80. The molecule has 0 aliphatic carbocycles. The molecule has 0 rings (SSSR count). The summed E-state index contributed by atoms with van der Waals surface area (Å²) in [7, 11) is 1.65. The molecule has 0 bridgehead atoms. The molecule has 13 heavy (non-hydrogen) atoms. The lowest BCUT2D eigenvalue weighted by Gasteiger charge is -2.22. The van der Waals surface area contributed by atoms with E-state index in [4.69, 9.17) is 11.2 Å². The Balaban J connectivity index is 3.45. The Hall–Kier alpha value is -0.560. The molecule has 2 N–H and O–H groups in total. The largest absolute Gasteiger partial charge is 0.389 e. The van der Waals surface area contributed by atoms with E-state index >= 15 is 0 Å². The number of rotatable bonds is 7. The van der Waals surface area contributed by atoms with E-state index in [1.165, 1.54) is 0 Å². The molecule has 1 atom stereocenters. The van der Waals surface area contributed by atoms with Crippen molar-refractivity contribution in [3.8, 4) is 12.3 Å². The van der Waals surface area contributed by atoms with Crippen LogP contribution in [0.25, 0.3) is 0 Å². The molecule has 76 valence electrons. The zero-order valence-electron chi connectivity index (χ0n) is 8.47. The SMILES string of the molecule is C#CCCC(C)(O)CNCCOC. The fourth-order valence-corrected chi connectivity index (χ4v) is 0.962. The summed E-state index contributed by atoms with van der Waals surface area (Å²) in [5.74, 6) is 2.51. The molecule has 0 saturated heterocycles. The summed E-state index contributed by atoms with van der Waals surface area (Å²) in [6, 6.07) is 0. The van der Waals surface area contributed by atoms with Crippen molar-refractivity contribution in [3.05, 3.63) is 0 Å². The third kappa shape index (κ3) is 7.79. The molecule has 0 radical (unpaired) electrons. The van der Waals surface area contributed by atoms with Crippen LogP contribution in [-0.2, 0) is 4.74 Å². The highest BCUT2D eigenvalue weighted by Gasteiger charge is 2.18. The summed E-state index contributed by atoms with van der Waals surface area (Å²) in [6.45, 7) is 3.75. The van der Waals surface area contributed by atoms with Crippen molar-refractivity contribution in [1.82, 2.24) is 5.32 Å². The van der Waals surface area contributed by atoms with E-state index < -0.39 is 5.60 Å². The minimum Gasteiger partial charge on any atom is -0.389 e. The topological polar surface area (TPSA) is 41.5 Å². The lowest BCUT2D eigenvalue weighted by Crippen LogP contribution is -2.38. The second-order valence-electron chi connectivity index (χ2n) is 3.37. The van der Waals surface area contributed by atoms with E-state index in [-0.39, 0.29) is 0 Å². The van der Waals surface area contributed by atoms with Crippen molar-refractivity contribution >= 4 is 0 Å². The summed E-state index contributed by atoms with van der Waals surface area (Å²) in [4.78, 5) is 0. The first-order valence-electron chi connectivity index (χ1n) is 4.48. The van der Waals surface area contributed by atoms with Crippen molar-refractivity contribution in [2.75, 3.05) is 26.8 Å². The Bertz CT molecular complexity index is 161. The van der Waals surface area contributed by atoms with Gasteiger partial charge in [0.25, 0.3) is 0 Å². The van der Waals surface area contributed by atoms with Gasteiger partial charge in [-0.25, -0.2) is 0 Å².